The van der Waals surface area contributed by atoms with Gasteiger partial charge in [-0.05, 0) is 62.1 Å². The van der Waals surface area contributed by atoms with Gasteiger partial charge in [0.25, 0.3) is 21.5 Å². The fourth-order valence-electron chi connectivity index (χ4n) is 6.21. The maximum Gasteiger partial charge on any atom is 0.329 e. The van der Waals surface area contributed by atoms with Gasteiger partial charge in [-0.1, -0.05) is 6.42 Å². The van der Waals surface area contributed by atoms with Crippen LogP contribution in [0.4, 0.5) is 14.5 Å². The molecule has 0 bridgehead atoms. The normalized spacial score (nSPS) is 14.1. The van der Waals surface area contributed by atoms with Crippen LogP contribution in [0.15, 0.2) is 89.7 Å². The average Bonchev–Trinajstić information content (AvgIpc) is 3.80. The molecule has 7 rings (SSSR count). The van der Waals surface area contributed by atoms with Crippen molar-refractivity contribution in [3.05, 3.63) is 113 Å². The zero-order chi connectivity index (χ0) is 38.0. The number of hydrogen-bond donors (Lipinski definition) is 2. The van der Waals surface area contributed by atoms with Gasteiger partial charge in [0.05, 0.1) is 52.1 Å². The molecular weight excluding hydrogens is 727 g/mol. The molecule has 1 aromatic carbocycles. The van der Waals surface area contributed by atoms with Crippen LogP contribution < -0.4 is 15.6 Å². The summed E-state index contributed by atoms with van der Waals surface area (Å²) in [5.74, 6) is -4.46. The molecule has 5 aromatic heterocycles. The molecule has 2 N–H and O–H groups in total. The van der Waals surface area contributed by atoms with Crippen molar-refractivity contribution in [2.45, 2.75) is 55.7 Å². The van der Waals surface area contributed by atoms with Crippen molar-refractivity contribution in [1.29, 1.82) is 0 Å². The fourth-order valence-corrected chi connectivity index (χ4v) is 7.20. The minimum absolute atomic E-state index is 0.184. The second-order valence-electron chi connectivity index (χ2n) is 12.6. The van der Waals surface area contributed by atoms with Gasteiger partial charge in [0.1, 0.15) is 36.4 Å². The van der Waals surface area contributed by atoms with Crippen molar-refractivity contribution in [1.82, 2.24) is 44.4 Å². The lowest BCUT2D eigenvalue weighted by Gasteiger charge is -2.25. The summed E-state index contributed by atoms with van der Waals surface area (Å²) in [6.45, 7) is 0. The third kappa shape index (κ3) is 7.43. The molecule has 278 valence electrons. The van der Waals surface area contributed by atoms with E-state index in [1.807, 2.05) is 4.72 Å². The van der Waals surface area contributed by atoms with E-state index in [1.54, 1.807) is 36.1 Å². The number of pyridine rings is 3. The smallest absolute Gasteiger partial charge is 0.329 e. The van der Waals surface area contributed by atoms with Crippen molar-refractivity contribution in [2.24, 2.45) is 7.05 Å². The zero-order valence-corrected chi connectivity index (χ0v) is 29.4. The predicted molar refractivity (Wildman–Crippen MR) is 188 cm³/mol. The van der Waals surface area contributed by atoms with Gasteiger partial charge in [-0.2, -0.15) is 13.5 Å². The van der Waals surface area contributed by atoms with E-state index < -0.39 is 55.9 Å². The SMILES string of the molecule is Cn1c2cnccc2c(=O)n1-c1ccc(C[C@H](NC(=O)c2cc(F)c(NS(=O)(=O)c3ccc(-n4cncn4)cn3)cc2F)C(=O)OC2CCCCC2)nc1. The number of sulfonamides is 1. The van der Waals surface area contributed by atoms with E-state index in [1.165, 1.54) is 46.7 Å². The summed E-state index contributed by atoms with van der Waals surface area (Å²) in [7, 11) is -2.79. The van der Waals surface area contributed by atoms with Crippen LogP contribution in [0.2, 0.25) is 0 Å². The highest BCUT2D eigenvalue weighted by atomic mass is 32.2. The van der Waals surface area contributed by atoms with Crippen LogP contribution in [0.1, 0.15) is 48.2 Å². The quantitative estimate of drug-likeness (QED) is 0.184. The van der Waals surface area contributed by atoms with Gasteiger partial charge in [0.2, 0.25) is 0 Å². The second-order valence-corrected chi connectivity index (χ2v) is 14.2. The van der Waals surface area contributed by atoms with E-state index in [0.29, 0.717) is 52.9 Å². The number of aryl methyl sites for hydroxylation is 1. The Labute approximate surface area is 305 Å². The Hall–Kier alpha value is -6.37. The number of rotatable bonds is 11. The number of benzene rings is 1. The van der Waals surface area contributed by atoms with Crippen molar-refractivity contribution in [3.8, 4) is 11.4 Å². The van der Waals surface area contributed by atoms with Crippen LogP contribution in [-0.2, 0) is 33.0 Å². The first-order valence-electron chi connectivity index (χ1n) is 16.8. The molecule has 0 saturated heterocycles. The number of amides is 1. The highest BCUT2D eigenvalue weighted by Crippen LogP contribution is 2.24. The monoisotopic (exact) mass is 758 g/mol. The molecule has 6 aromatic rings. The van der Waals surface area contributed by atoms with Crippen molar-refractivity contribution in [3.63, 3.8) is 0 Å². The number of halogens is 2. The summed E-state index contributed by atoms with van der Waals surface area (Å²) in [6, 6.07) is 7.03. The number of nitrogens with one attached hydrogen (secondary N) is 2. The lowest BCUT2D eigenvalue weighted by molar-refractivity contribution is -0.152. The number of fused-ring (bicyclic) bond motifs is 1. The molecule has 1 atom stereocenters. The molecule has 1 saturated carbocycles. The first kappa shape index (κ1) is 36.0. The molecule has 1 aliphatic rings. The molecule has 0 aliphatic heterocycles. The molecule has 1 amide bonds. The number of carbonyl (C=O) groups is 2. The molecule has 1 fully saturated rings. The van der Waals surface area contributed by atoms with Crippen LogP contribution in [0.25, 0.3) is 22.3 Å². The molecule has 0 spiro atoms. The van der Waals surface area contributed by atoms with E-state index in [9.17, 15) is 22.8 Å². The Bertz CT molecular complexity index is 2500. The minimum Gasteiger partial charge on any atom is -0.461 e. The Morgan fingerprint density at radius 1 is 0.963 bits per heavy atom. The van der Waals surface area contributed by atoms with Gasteiger partial charge in [0.15, 0.2) is 5.03 Å². The fraction of sp³-hybridized carbons (Fsp3) is 0.257. The van der Waals surface area contributed by atoms with Gasteiger partial charge in [-0.3, -0.25) is 29.0 Å². The van der Waals surface area contributed by atoms with Crippen molar-refractivity contribution in [2.75, 3.05) is 4.72 Å². The van der Waals surface area contributed by atoms with E-state index in [-0.39, 0.29) is 18.1 Å². The number of ether oxygens (including phenoxy) is 1. The number of esters is 1. The van der Waals surface area contributed by atoms with E-state index >= 15 is 8.78 Å². The number of nitrogens with zero attached hydrogens (tertiary/aromatic N) is 8. The topological polar surface area (TPSA) is 198 Å². The largest absolute Gasteiger partial charge is 0.461 e. The average molecular weight is 759 g/mol. The Kier molecular flexibility index (Phi) is 9.96. The van der Waals surface area contributed by atoms with Crippen molar-refractivity contribution >= 4 is 38.5 Å². The molecule has 16 nitrogen and oxygen atoms in total. The van der Waals surface area contributed by atoms with Crippen LogP contribution in [0.3, 0.4) is 0 Å². The maximum absolute atomic E-state index is 15.4. The number of aromatic nitrogens is 8. The highest BCUT2D eigenvalue weighted by Gasteiger charge is 2.29. The van der Waals surface area contributed by atoms with Crippen LogP contribution in [0, 0.1) is 11.6 Å². The highest BCUT2D eigenvalue weighted by molar-refractivity contribution is 7.92. The van der Waals surface area contributed by atoms with E-state index in [0.717, 1.165) is 25.3 Å². The number of carbonyl (C=O) groups excluding carboxylic acids is 2. The lowest BCUT2D eigenvalue weighted by atomic mass is 9.97. The summed E-state index contributed by atoms with van der Waals surface area (Å²) in [6.07, 6.45) is 11.9. The molecule has 0 radical (unpaired) electrons. The van der Waals surface area contributed by atoms with Gasteiger partial charge in [-0.15, -0.1) is 0 Å². The first-order valence-corrected chi connectivity index (χ1v) is 18.3. The molecule has 54 heavy (non-hydrogen) atoms. The number of hydrogen-bond acceptors (Lipinski definition) is 11. The molecule has 0 unspecified atom stereocenters. The van der Waals surface area contributed by atoms with Crippen molar-refractivity contribution < 1.29 is 31.5 Å². The van der Waals surface area contributed by atoms with Gasteiger partial charge < -0.3 is 10.1 Å². The predicted octanol–water partition coefficient (Wildman–Crippen LogP) is 3.39. The third-order valence-electron chi connectivity index (χ3n) is 8.99. The maximum atomic E-state index is 15.4. The molecular formula is C35H32F2N10O6S. The molecule has 5 heterocycles. The van der Waals surface area contributed by atoms with Gasteiger partial charge in [0, 0.05) is 31.4 Å². The van der Waals surface area contributed by atoms with E-state index in [4.69, 9.17) is 4.74 Å². The number of anilines is 1. The Morgan fingerprint density at radius 2 is 1.74 bits per heavy atom. The molecule has 19 heteroatoms. The van der Waals surface area contributed by atoms with E-state index in [2.05, 4.69) is 30.4 Å². The first-order chi connectivity index (χ1) is 26.0. The third-order valence-corrected chi connectivity index (χ3v) is 10.3. The van der Waals surface area contributed by atoms with Crippen LogP contribution in [0.5, 0.6) is 0 Å². The van der Waals surface area contributed by atoms with Gasteiger partial charge >= 0.3 is 5.97 Å². The second kappa shape index (κ2) is 14.9. The molecule has 1 aliphatic carbocycles. The summed E-state index contributed by atoms with van der Waals surface area (Å²) in [4.78, 5) is 56.1. The lowest BCUT2D eigenvalue weighted by Crippen LogP contribution is -2.45. The summed E-state index contributed by atoms with van der Waals surface area (Å²) in [5, 5.41) is 6.34. The Balaban J connectivity index is 1.10. The standard InChI is InChI=1S/C35H32F2N10O6S/c1-45-31-18-38-12-11-25(31)34(49)47(45)23-8-7-21(40-17-23)13-30(35(50)53-24-5-3-2-4-6-24)43-33(48)26-14-28(37)29(15-27(26)36)44-54(51,52)32-10-9-22(16-41-32)46-20-39-19-42-46/h7-12,14-20,24,30,44H,2-6,13H2,1H3,(H,43,48)/t30-/m0/s1. The summed E-state index contributed by atoms with van der Waals surface area (Å²) >= 11 is 0. The summed E-state index contributed by atoms with van der Waals surface area (Å²) in [5.41, 5.74) is -0.0601. The van der Waals surface area contributed by atoms with Crippen LogP contribution >= 0.6 is 0 Å². The van der Waals surface area contributed by atoms with Crippen LogP contribution in [-0.4, -0.2) is 71.5 Å². The minimum atomic E-state index is -4.49. The van der Waals surface area contributed by atoms with Gasteiger partial charge in [-0.25, -0.2) is 32.9 Å². The Morgan fingerprint density at radius 3 is 2.43 bits per heavy atom. The zero-order valence-electron chi connectivity index (χ0n) is 28.6. The summed E-state index contributed by atoms with van der Waals surface area (Å²) < 4.78 is 68.7.